The molecule has 0 spiro atoms. The topological polar surface area (TPSA) is 77.0 Å². The second-order valence-corrected chi connectivity index (χ2v) is 4.85. The van der Waals surface area contributed by atoms with E-state index in [4.69, 9.17) is 10.5 Å². The number of carbonyl (C=O) groups is 1. The van der Waals surface area contributed by atoms with Crippen LogP contribution in [0.4, 0.5) is 17.1 Å². The Balaban J connectivity index is 2.37. The molecule has 0 heterocycles. The summed E-state index contributed by atoms with van der Waals surface area (Å²) in [7, 11) is 0. The average Bonchev–Trinajstić information content (AvgIpc) is 2.47. The molecule has 108 valence electrons. The van der Waals surface area contributed by atoms with Crippen LogP contribution in [-0.2, 0) is 10.1 Å². The Morgan fingerprint density at radius 1 is 1.19 bits per heavy atom. The van der Waals surface area contributed by atoms with Gasteiger partial charge in [0.2, 0.25) is 0 Å². The van der Waals surface area contributed by atoms with Gasteiger partial charge in [-0.05, 0) is 29.8 Å². The summed E-state index contributed by atoms with van der Waals surface area (Å²) in [6.45, 7) is 1.34. The number of azo groups is 1. The number of alkyl halides is 1. The molecule has 0 saturated heterocycles. The number of benzene rings is 2. The van der Waals surface area contributed by atoms with Crippen molar-refractivity contribution in [2.75, 3.05) is 5.73 Å². The van der Waals surface area contributed by atoms with E-state index in [1.165, 1.54) is 6.92 Å². The molecule has 0 bridgehead atoms. The third kappa shape index (κ3) is 4.13. The zero-order chi connectivity index (χ0) is 15.2. The Hall–Kier alpha value is -2.21. The zero-order valence-electron chi connectivity index (χ0n) is 11.4. The Morgan fingerprint density at radius 2 is 1.90 bits per heavy atom. The van der Waals surface area contributed by atoms with Crippen LogP contribution in [-0.4, -0.2) is 5.97 Å². The number of halogens is 1. The summed E-state index contributed by atoms with van der Waals surface area (Å²) in [5.74, 6) is -0.0391. The van der Waals surface area contributed by atoms with Crippen molar-refractivity contribution in [3.05, 3.63) is 48.0 Å². The Morgan fingerprint density at radius 3 is 2.57 bits per heavy atom. The van der Waals surface area contributed by atoms with Gasteiger partial charge in [0.25, 0.3) is 0 Å². The first-order valence-corrected chi connectivity index (χ1v) is 7.36. The maximum atomic E-state index is 11.1. The number of rotatable bonds is 4. The smallest absolute Gasteiger partial charge is 0.308 e. The van der Waals surface area contributed by atoms with Gasteiger partial charge < -0.3 is 10.5 Å². The van der Waals surface area contributed by atoms with E-state index >= 15 is 0 Å². The molecule has 0 unspecified atom stereocenters. The molecule has 0 aromatic heterocycles. The van der Waals surface area contributed by atoms with E-state index in [1.54, 1.807) is 24.3 Å². The number of ether oxygens (including phenoxy) is 1. The highest BCUT2D eigenvalue weighted by Crippen LogP contribution is 2.32. The van der Waals surface area contributed by atoms with Crippen molar-refractivity contribution in [1.82, 2.24) is 0 Å². The second-order valence-electron chi connectivity index (χ2n) is 4.29. The van der Waals surface area contributed by atoms with Crippen molar-refractivity contribution in [2.24, 2.45) is 10.2 Å². The van der Waals surface area contributed by atoms with Crippen LogP contribution in [0.3, 0.4) is 0 Å². The third-order valence-corrected chi connectivity index (χ3v) is 3.28. The first-order chi connectivity index (χ1) is 10.1. The highest BCUT2D eigenvalue weighted by molar-refractivity contribution is 9.08. The number of esters is 1. The fourth-order valence-corrected chi connectivity index (χ4v) is 2.00. The fourth-order valence-electron chi connectivity index (χ4n) is 1.65. The van der Waals surface area contributed by atoms with Crippen LogP contribution in [0.2, 0.25) is 0 Å². The molecule has 0 saturated carbocycles. The standard InChI is InChI=1S/C15H14BrN3O2/c1-10(20)21-15-7-6-11(9-16)8-14(15)19-18-13-5-3-2-4-12(13)17/h2-8H,9,17H2,1H3. The molecule has 2 aromatic rings. The van der Waals surface area contributed by atoms with Gasteiger partial charge in [0.1, 0.15) is 11.4 Å². The minimum Gasteiger partial charge on any atom is -0.424 e. The van der Waals surface area contributed by atoms with Gasteiger partial charge in [-0.15, -0.1) is 10.2 Å². The minimum absolute atomic E-state index is 0.366. The van der Waals surface area contributed by atoms with Gasteiger partial charge in [-0.2, -0.15) is 0 Å². The van der Waals surface area contributed by atoms with Gasteiger partial charge in [-0.3, -0.25) is 4.79 Å². The van der Waals surface area contributed by atoms with Crippen molar-refractivity contribution < 1.29 is 9.53 Å². The van der Waals surface area contributed by atoms with Crippen LogP contribution in [0, 0.1) is 0 Å². The maximum absolute atomic E-state index is 11.1. The summed E-state index contributed by atoms with van der Waals surface area (Å²) in [5, 5.41) is 8.93. The Labute approximate surface area is 131 Å². The monoisotopic (exact) mass is 347 g/mol. The van der Waals surface area contributed by atoms with E-state index < -0.39 is 5.97 Å². The van der Waals surface area contributed by atoms with Gasteiger partial charge in [-0.1, -0.05) is 34.1 Å². The molecular formula is C15H14BrN3O2. The van der Waals surface area contributed by atoms with E-state index in [1.807, 2.05) is 18.2 Å². The van der Waals surface area contributed by atoms with E-state index in [0.717, 1.165) is 5.56 Å². The van der Waals surface area contributed by atoms with Gasteiger partial charge in [-0.25, -0.2) is 0 Å². The van der Waals surface area contributed by atoms with Gasteiger partial charge >= 0.3 is 5.97 Å². The Kier molecular flexibility index (Phi) is 5.05. The van der Waals surface area contributed by atoms with E-state index in [9.17, 15) is 4.79 Å². The zero-order valence-corrected chi connectivity index (χ0v) is 13.0. The van der Waals surface area contributed by atoms with Crippen LogP contribution in [0.25, 0.3) is 0 Å². The predicted octanol–water partition coefficient (Wildman–Crippen LogP) is 4.50. The largest absolute Gasteiger partial charge is 0.424 e. The second kappa shape index (κ2) is 6.99. The van der Waals surface area contributed by atoms with Crippen molar-refractivity contribution in [3.8, 4) is 5.75 Å². The molecule has 0 radical (unpaired) electrons. The highest BCUT2D eigenvalue weighted by Gasteiger charge is 2.07. The van der Waals surface area contributed by atoms with E-state index in [0.29, 0.717) is 28.1 Å². The summed E-state index contributed by atoms with van der Waals surface area (Å²) in [5.41, 5.74) is 8.39. The van der Waals surface area contributed by atoms with Crippen molar-refractivity contribution >= 4 is 39.0 Å². The highest BCUT2D eigenvalue weighted by atomic mass is 79.9. The lowest BCUT2D eigenvalue weighted by atomic mass is 10.2. The number of nitrogens with two attached hydrogens (primary N) is 1. The maximum Gasteiger partial charge on any atom is 0.308 e. The lowest BCUT2D eigenvalue weighted by molar-refractivity contribution is -0.131. The summed E-state index contributed by atoms with van der Waals surface area (Å²) in [4.78, 5) is 11.1. The molecule has 2 rings (SSSR count). The summed E-state index contributed by atoms with van der Waals surface area (Å²) in [6.07, 6.45) is 0. The minimum atomic E-state index is -0.405. The third-order valence-electron chi connectivity index (χ3n) is 2.63. The molecule has 2 N–H and O–H groups in total. The number of para-hydroxylation sites is 1. The molecule has 0 aliphatic rings. The lowest BCUT2D eigenvalue weighted by Gasteiger charge is -2.06. The van der Waals surface area contributed by atoms with E-state index in [2.05, 4.69) is 26.2 Å². The SMILES string of the molecule is CC(=O)Oc1ccc(CBr)cc1N=Nc1ccccc1N. The van der Waals surface area contributed by atoms with Gasteiger partial charge in [0.05, 0.1) is 5.69 Å². The number of nitrogen functional groups attached to an aromatic ring is 1. The molecule has 0 atom stereocenters. The van der Waals surface area contributed by atoms with Crippen molar-refractivity contribution in [2.45, 2.75) is 12.3 Å². The molecule has 5 nitrogen and oxygen atoms in total. The van der Waals surface area contributed by atoms with Crippen LogP contribution >= 0.6 is 15.9 Å². The van der Waals surface area contributed by atoms with Crippen molar-refractivity contribution in [1.29, 1.82) is 0 Å². The molecule has 0 aliphatic heterocycles. The molecule has 21 heavy (non-hydrogen) atoms. The summed E-state index contributed by atoms with van der Waals surface area (Å²) >= 11 is 3.37. The molecule has 0 fully saturated rings. The van der Waals surface area contributed by atoms with Crippen LogP contribution in [0.15, 0.2) is 52.7 Å². The first-order valence-electron chi connectivity index (χ1n) is 6.23. The molecule has 2 aromatic carbocycles. The quantitative estimate of drug-likeness (QED) is 0.290. The molecule has 0 amide bonds. The van der Waals surface area contributed by atoms with Crippen LogP contribution in [0.5, 0.6) is 5.75 Å². The normalized spacial score (nSPS) is 10.8. The van der Waals surface area contributed by atoms with Gasteiger partial charge in [0.15, 0.2) is 5.75 Å². The van der Waals surface area contributed by atoms with Crippen LogP contribution in [0.1, 0.15) is 12.5 Å². The number of nitrogens with zero attached hydrogens (tertiary/aromatic N) is 2. The summed E-state index contributed by atoms with van der Waals surface area (Å²) < 4.78 is 5.12. The van der Waals surface area contributed by atoms with E-state index in [-0.39, 0.29) is 0 Å². The average molecular weight is 348 g/mol. The van der Waals surface area contributed by atoms with Crippen LogP contribution < -0.4 is 10.5 Å². The number of anilines is 1. The lowest BCUT2D eigenvalue weighted by Crippen LogP contribution is -2.01. The number of carbonyl (C=O) groups excluding carboxylic acids is 1. The Bertz CT molecular complexity index is 686. The molecule has 6 heteroatoms. The first kappa shape index (κ1) is 15.2. The number of hydrogen-bond donors (Lipinski definition) is 1. The summed E-state index contributed by atoms with van der Waals surface area (Å²) in [6, 6.07) is 12.5. The van der Waals surface area contributed by atoms with Gasteiger partial charge in [0, 0.05) is 12.3 Å². The predicted molar refractivity (Wildman–Crippen MR) is 85.4 cm³/mol. The van der Waals surface area contributed by atoms with Crippen molar-refractivity contribution in [3.63, 3.8) is 0 Å². The number of hydrogen-bond acceptors (Lipinski definition) is 5. The molecular weight excluding hydrogens is 334 g/mol. The molecule has 0 aliphatic carbocycles. The fraction of sp³-hybridized carbons (Fsp3) is 0.133.